The summed E-state index contributed by atoms with van der Waals surface area (Å²) in [6.45, 7) is 15.3. The van der Waals surface area contributed by atoms with Gasteiger partial charge in [0.05, 0.1) is 0 Å². The molecule has 5 heteroatoms. The normalized spacial score (nSPS) is 16.1. The first-order chi connectivity index (χ1) is 8.85. The number of aliphatic carboxylic acids is 1. The van der Waals surface area contributed by atoms with E-state index in [-0.39, 0.29) is 17.1 Å². The molecule has 0 aliphatic heterocycles. The van der Waals surface area contributed by atoms with Crippen LogP contribution in [0.15, 0.2) is 0 Å². The van der Waals surface area contributed by atoms with Crippen molar-refractivity contribution in [2.45, 2.75) is 67.2 Å². The van der Waals surface area contributed by atoms with Gasteiger partial charge in [-0.3, -0.25) is 4.79 Å². The molecule has 0 spiro atoms. The molecule has 118 valence electrons. The monoisotopic (exact) mass is 302 g/mol. The first-order valence-electron chi connectivity index (χ1n) is 7.27. The van der Waals surface area contributed by atoms with E-state index in [1.54, 1.807) is 0 Å². The van der Waals surface area contributed by atoms with E-state index in [9.17, 15) is 14.7 Å². The number of ketones is 1. The first-order valence-corrected chi connectivity index (χ1v) is 10.0. The van der Waals surface area contributed by atoms with Crippen LogP contribution in [0.4, 0.5) is 0 Å². The number of carboxylic acids is 1. The summed E-state index contributed by atoms with van der Waals surface area (Å²) in [5.74, 6) is -1.25. The highest BCUT2D eigenvalue weighted by Gasteiger charge is 2.49. The molecule has 0 radical (unpaired) electrons. The predicted molar refractivity (Wildman–Crippen MR) is 83.4 cm³/mol. The highest BCUT2D eigenvalue weighted by atomic mass is 28.3. The molecule has 0 heterocycles. The number of carbonyl (C=O) groups excluding carboxylic acids is 1. The molecule has 0 aromatic rings. The van der Waals surface area contributed by atoms with Crippen molar-refractivity contribution in [2.75, 3.05) is 0 Å². The summed E-state index contributed by atoms with van der Waals surface area (Å²) in [7, 11) is -1.52. The van der Waals surface area contributed by atoms with Crippen LogP contribution < -0.4 is 0 Å². The Morgan fingerprint density at radius 2 is 1.60 bits per heavy atom. The third-order valence-corrected chi connectivity index (χ3v) is 4.55. The van der Waals surface area contributed by atoms with Gasteiger partial charge in [0.15, 0.2) is 9.04 Å². The van der Waals surface area contributed by atoms with Gasteiger partial charge < -0.3 is 9.53 Å². The summed E-state index contributed by atoms with van der Waals surface area (Å²) >= 11 is 0. The summed E-state index contributed by atoms with van der Waals surface area (Å²) in [4.78, 5) is 24.0. The summed E-state index contributed by atoms with van der Waals surface area (Å²) in [5.41, 5.74) is -1.06. The Labute approximate surface area is 124 Å². The van der Waals surface area contributed by atoms with Crippen LogP contribution in [0.2, 0.25) is 13.1 Å². The minimum Gasteiger partial charge on any atom is -0.479 e. The summed E-state index contributed by atoms with van der Waals surface area (Å²) in [5, 5.41) is 9.56. The van der Waals surface area contributed by atoms with Crippen molar-refractivity contribution in [3.8, 4) is 0 Å². The molecule has 1 N–H and O–H groups in total. The Kier molecular flexibility index (Phi) is 6.62. The number of Topliss-reactive ketones (excluding diaryl/α,β-unsaturated/α-hetero) is 1. The van der Waals surface area contributed by atoms with Gasteiger partial charge in [-0.2, -0.15) is 0 Å². The molecule has 2 unspecified atom stereocenters. The summed E-state index contributed by atoms with van der Waals surface area (Å²) < 4.78 is 5.77. The fraction of sp³-hybridized carbons (Fsp3) is 0.867. The minimum atomic E-state index is -1.52. The maximum atomic E-state index is 12.3. The molecular weight excluding hydrogens is 272 g/mol. The van der Waals surface area contributed by atoms with Crippen molar-refractivity contribution in [1.82, 2.24) is 0 Å². The number of carbonyl (C=O) groups is 2. The second-order valence-corrected chi connectivity index (χ2v) is 9.66. The number of carboxylic acid groups (broad SMARTS) is 1. The van der Waals surface area contributed by atoms with Gasteiger partial charge in [0.2, 0.25) is 0 Å². The van der Waals surface area contributed by atoms with Gasteiger partial charge in [0, 0.05) is 17.8 Å². The van der Waals surface area contributed by atoms with E-state index < -0.39 is 26.5 Å². The van der Waals surface area contributed by atoms with E-state index in [4.69, 9.17) is 4.43 Å². The average Bonchev–Trinajstić information content (AvgIpc) is 2.23. The van der Waals surface area contributed by atoms with E-state index in [2.05, 4.69) is 0 Å². The van der Waals surface area contributed by atoms with Gasteiger partial charge in [0.1, 0.15) is 11.9 Å². The molecule has 0 aromatic heterocycles. The lowest BCUT2D eigenvalue weighted by atomic mass is 9.61. The van der Waals surface area contributed by atoms with Crippen LogP contribution in [-0.4, -0.2) is 32.0 Å². The molecular formula is C15H30O4Si. The van der Waals surface area contributed by atoms with Crippen molar-refractivity contribution in [1.29, 1.82) is 0 Å². The zero-order valence-electron chi connectivity index (χ0n) is 14.1. The van der Waals surface area contributed by atoms with Crippen molar-refractivity contribution in [3.63, 3.8) is 0 Å². The van der Waals surface area contributed by atoms with Gasteiger partial charge in [-0.05, 0) is 18.5 Å². The van der Waals surface area contributed by atoms with Crippen molar-refractivity contribution >= 4 is 20.8 Å². The fourth-order valence-electron chi connectivity index (χ4n) is 3.12. The highest BCUT2D eigenvalue weighted by molar-refractivity contribution is 6.48. The molecule has 0 aliphatic carbocycles. The largest absolute Gasteiger partial charge is 0.479 e. The first kappa shape index (κ1) is 19.3. The smallest absolute Gasteiger partial charge is 0.331 e. The van der Waals surface area contributed by atoms with E-state index in [0.29, 0.717) is 6.42 Å². The molecule has 20 heavy (non-hydrogen) atoms. The second-order valence-electron chi connectivity index (χ2n) is 7.29. The van der Waals surface area contributed by atoms with E-state index in [0.717, 1.165) is 0 Å². The third kappa shape index (κ3) is 4.70. The number of rotatable bonds is 7. The van der Waals surface area contributed by atoms with Crippen molar-refractivity contribution in [2.24, 2.45) is 16.7 Å². The van der Waals surface area contributed by atoms with Gasteiger partial charge in [0.25, 0.3) is 0 Å². The molecule has 0 saturated heterocycles. The van der Waals surface area contributed by atoms with Gasteiger partial charge in [-0.25, -0.2) is 4.79 Å². The van der Waals surface area contributed by atoms with Crippen molar-refractivity contribution < 1.29 is 19.1 Å². The molecule has 0 saturated carbocycles. The topological polar surface area (TPSA) is 63.6 Å². The second kappa shape index (κ2) is 6.85. The van der Waals surface area contributed by atoms with Crippen LogP contribution >= 0.6 is 0 Å². The lowest BCUT2D eigenvalue weighted by Gasteiger charge is -2.45. The van der Waals surface area contributed by atoms with E-state index in [1.165, 1.54) is 0 Å². The summed E-state index contributed by atoms with van der Waals surface area (Å²) in [6.07, 6.45) is -0.516. The zero-order valence-corrected chi connectivity index (χ0v) is 15.3. The Morgan fingerprint density at radius 1 is 1.15 bits per heavy atom. The Balaban J connectivity index is 5.77. The zero-order chi connectivity index (χ0) is 16.3. The molecule has 0 rings (SSSR count). The van der Waals surface area contributed by atoms with Crippen LogP contribution in [-0.2, 0) is 14.0 Å². The lowest BCUT2D eigenvalue weighted by Crippen LogP contribution is -2.51. The Bertz CT molecular complexity index is 355. The van der Waals surface area contributed by atoms with Crippen LogP contribution in [0.5, 0.6) is 0 Å². The summed E-state index contributed by atoms with van der Waals surface area (Å²) in [6, 6.07) is 0. The SMILES string of the molecule is CCC(=O)C(C)(C)C(C(O[SiH](C)C)C(=O)O)C(C)(C)C. The standard InChI is InChI=1S/C15H30O4Si/c1-9-10(16)15(5,6)12(14(2,3)4)11(13(17)18)19-20(7)8/h11-12,20H,9H2,1-8H3,(H,17,18). The van der Waals surface area contributed by atoms with E-state index in [1.807, 2.05) is 54.6 Å². The average molecular weight is 302 g/mol. The van der Waals surface area contributed by atoms with E-state index >= 15 is 0 Å². The van der Waals surface area contributed by atoms with Crippen LogP contribution in [0.1, 0.15) is 48.0 Å². The fourth-order valence-corrected chi connectivity index (χ4v) is 3.98. The predicted octanol–water partition coefficient (Wildman–Crippen LogP) is 3.11. The quantitative estimate of drug-likeness (QED) is 0.734. The third-order valence-electron chi connectivity index (χ3n) is 3.72. The molecule has 0 aliphatic rings. The maximum absolute atomic E-state index is 12.3. The lowest BCUT2D eigenvalue weighted by molar-refractivity contribution is -0.158. The van der Waals surface area contributed by atoms with Gasteiger partial charge in [-0.15, -0.1) is 0 Å². The van der Waals surface area contributed by atoms with Crippen LogP contribution in [0.25, 0.3) is 0 Å². The Hall–Kier alpha value is -0.683. The number of hydrogen-bond donors (Lipinski definition) is 1. The number of hydrogen-bond acceptors (Lipinski definition) is 3. The minimum absolute atomic E-state index is 0.0812. The van der Waals surface area contributed by atoms with Gasteiger partial charge in [-0.1, -0.05) is 41.5 Å². The Morgan fingerprint density at radius 3 is 1.85 bits per heavy atom. The maximum Gasteiger partial charge on any atom is 0.331 e. The molecule has 0 bridgehead atoms. The molecule has 4 nitrogen and oxygen atoms in total. The highest BCUT2D eigenvalue weighted by Crippen LogP contribution is 2.44. The molecule has 0 amide bonds. The molecule has 0 fully saturated rings. The van der Waals surface area contributed by atoms with Crippen molar-refractivity contribution in [3.05, 3.63) is 0 Å². The van der Waals surface area contributed by atoms with Gasteiger partial charge >= 0.3 is 5.97 Å². The molecule has 2 atom stereocenters. The molecule has 0 aromatic carbocycles. The van der Waals surface area contributed by atoms with Crippen LogP contribution in [0, 0.1) is 16.7 Å². The van der Waals surface area contributed by atoms with Crippen LogP contribution in [0.3, 0.4) is 0 Å².